The molecule has 0 saturated carbocycles. The van der Waals surface area contributed by atoms with Gasteiger partial charge in [-0.2, -0.15) is 0 Å². The molecule has 3 heteroatoms. The Hall–Kier alpha value is -0.800. The van der Waals surface area contributed by atoms with Crippen LogP contribution >= 0.6 is 0 Å². The summed E-state index contributed by atoms with van der Waals surface area (Å²) in [5, 5.41) is 3.52. The fourth-order valence-corrected chi connectivity index (χ4v) is 2.08. The van der Waals surface area contributed by atoms with E-state index in [4.69, 9.17) is 10.2 Å². The highest BCUT2D eigenvalue weighted by atomic mass is 16.3. The quantitative estimate of drug-likeness (QED) is 0.798. The van der Waals surface area contributed by atoms with Crippen LogP contribution in [-0.4, -0.2) is 12.1 Å². The summed E-state index contributed by atoms with van der Waals surface area (Å²) in [6, 6.07) is 2.51. The Morgan fingerprint density at radius 2 is 2.40 bits per heavy atom. The number of nitrogens with one attached hydrogen (secondary N) is 1. The minimum absolute atomic E-state index is 0.151. The van der Waals surface area contributed by atoms with E-state index in [1.807, 2.05) is 13.8 Å². The van der Waals surface area contributed by atoms with E-state index >= 15 is 0 Å². The summed E-state index contributed by atoms with van der Waals surface area (Å²) in [6.45, 7) is 4.92. The van der Waals surface area contributed by atoms with Crippen molar-refractivity contribution in [2.75, 3.05) is 6.54 Å². The molecule has 0 spiro atoms. The number of rotatable bonds is 3. The fraction of sp³-hybridized carbons (Fsp3) is 0.667. The van der Waals surface area contributed by atoms with Crippen molar-refractivity contribution in [1.82, 2.24) is 5.32 Å². The molecule has 1 heterocycles. The van der Waals surface area contributed by atoms with Crippen LogP contribution in [0.4, 0.5) is 0 Å². The van der Waals surface area contributed by atoms with E-state index in [1.54, 1.807) is 6.26 Å². The minimum atomic E-state index is -0.151. The van der Waals surface area contributed by atoms with Crippen molar-refractivity contribution in [3.63, 3.8) is 0 Å². The Kier molecular flexibility index (Phi) is 2.85. The first-order valence-corrected chi connectivity index (χ1v) is 5.65. The van der Waals surface area contributed by atoms with Crippen molar-refractivity contribution in [1.29, 1.82) is 0 Å². The highest BCUT2D eigenvalue weighted by Gasteiger charge is 2.23. The van der Waals surface area contributed by atoms with Gasteiger partial charge in [0.1, 0.15) is 5.76 Å². The van der Waals surface area contributed by atoms with Crippen LogP contribution in [0.5, 0.6) is 0 Å². The molecule has 0 saturated heterocycles. The summed E-state index contributed by atoms with van der Waals surface area (Å²) in [5.41, 5.74) is 7.14. The van der Waals surface area contributed by atoms with Crippen molar-refractivity contribution >= 4 is 0 Å². The van der Waals surface area contributed by atoms with Gasteiger partial charge in [-0.1, -0.05) is 0 Å². The molecule has 0 radical (unpaired) electrons. The summed E-state index contributed by atoms with van der Waals surface area (Å²) in [7, 11) is 0. The molecule has 84 valence electrons. The third-order valence-electron chi connectivity index (χ3n) is 2.86. The minimum Gasteiger partial charge on any atom is -0.469 e. The third-order valence-corrected chi connectivity index (χ3v) is 2.86. The van der Waals surface area contributed by atoms with Gasteiger partial charge in [-0.25, -0.2) is 0 Å². The van der Waals surface area contributed by atoms with E-state index in [-0.39, 0.29) is 5.54 Å². The predicted octanol–water partition coefficient (Wildman–Crippen LogP) is 1.98. The van der Waals surface area contributed by atoms with Crippen LogP contribution in [0.15, 0.2) is 16.7 Å². The Morgan fingerprint density at radius 3 is 3.13 bits per heavy atom. The van der Waals surface area contributed by atoms with Crippen LogP contribution in [0.25, 0.3) is 0 Å². The number of fused-ring (bicyclic) bond motifs is 1. The summed E-state index contributed by atoms with van der Waals surface area (Å²) in [6.07, 6.45) is 5.25. The van der Waals surface area contributed by atoms with Gasteiger partial charge in [-0.15, -0.1) is 0 Å². The Morgan fingerprint density at radius 1 is 1.60 bits per heavy atom. The number of furan rings is 1. The zero-order valence-electron chi connectivity index (χ0n) is 9.55. The Labute approximate surface area is 91.0 Å². The maximum absolute atomic E-state index is 5.96. The molecule has 0 fully saturated rings. The second kappa shape index (κ2) is 3.99. The standard InChI is InChI=1S/C12H20N2O/c1-12(2,13)8-14-10-4-3-5-11-9(10)6-7-15-11/h6-7,10,14H,3-5,8,13H2,1-2H3. The number of nitrogens with two attached hydrogens (primary N) is 1. The smallest absolute Gasteiger partial charge is 0.108 e. The lowest BCUT2D eigenvalue weighted by Gasteiger charge is -2.27. The van der Waals surface area contributed by atoms with Gasteiger partial charge in [-0.05, 0) is 32.8 Å². The summed E-state index contributed by atoms with van der Waals surface area (Å²) in [5.74, 6) is 1.15. The average molecular weight is 208 g/mol. The normalized spacial score (nSPS) is 21.4. The maximum atomic E-state index is 5.96. The fourth-order valence-electron chi connectivity index (χ4n) is 2.08. The molecule has 1 unspecified atom stereocenters. The van der Waals surface area contributed by atoms with Crippen LogP contribution in [0.3, 0.4) is 0 Å². The van der Waals surface area contributed by atoms with E-state index < -0.39 is 0 Å². The van der Waals surface area contributed by atoms with Crippen molar-refractivity contribution in [2.24, 2.45) is 5.73 Å². The average Bonchev–Trinajstić information content (AvgIpc) is 2.61. The van der Waals surface area contributed by atoms with Gasteiger partial charge in [0, 0.05) is 30.1 Å². The van der Waals surface area contributed by atoms with Crippen molar-refractivity contribution in [3.05, 3.63) is 23.7 Å². The van der Waals surface area contributed by atoms with E-state index in [0.717, 1.165) is 18.7 Å². The van der Waals surface area contributed by atoms with Gasteiger partial charge in [-0.3, -0.25) is 0 Å². The monoisotopic (exact) mass is 208 g/mol. The summed E-state index contributed by atoms with van der Waals surface area (Å²) in [4.78, 5) is 0. The third kappa shape index (κ3) is 2.61. The van der Waals surface area contributed by atoms with Crippen LogP contribution < -0.4 is 11.1 Å². The van der Waals surface area contributed by atoms with Gasteiger partial charge >= 0.3 is 0 Å². The lowest BCUT2D eigenvalue weighted by molar-refractivity contribution is 0.374. The molecule has 0 aromatic carbocycles. The first-order chi connectivity index (χ1) is 7.06. The molecule has 1 aromatic rings. The van der Waals surface area contributed by atoms with Crippen molar-refractivity contribution in [2.45, 2.75) is 44.7 Å². The number of hydrogen-bond donors (Lipinski definition) is 2. The van der Waals surface area contributed by atoms with E-state index in [2.05, 4.69) is 11.4 Å². The first-order valence-electron chi connectivity index (χ1n) is 5.65. The zero-order chi connectivity index (χ0) is 10.9. The van der Waals surface area contributed by atoms with Gasteiger partial charge in [0.2, 0.25) is 0 Å². The lowest BCUT2D eigenvalue weighted by atomic mass is 9.93. The van der Waals surface area contributed by atoms with Crippen molar-refractivity contribution < 1.29 is 4.42 Å². The molecule has 1 aliphatic rings. The molecule has 0 amide bonds. The lowest BCUT2D eigenvalue weighted by Crippen LogP contribution is -2.44. The second-order valence-corrected chi connectivity index (χ2v) is 5.11. The maximum Gasteiger partial charge on any atom is 0.108 e. The van der Waals surface area contributed by atoms with E-state index in [0.29, 0.717) is 6.04 Å². The Balaban J connectivity index is 2.01. The number of aryl methyl sites for hydroxylation is 1. The second-order valence-electron chi connectivity index (χ2n) is 5.11. The van der Waals surface area contributed by atoms with Crippen LogP contribution in [-0.2, 0) is 6.42 Å². The molecule has 1 aliphatic carbocycles. The predicted molar refractivity (Wildman–Crippen MR) is 60.7 cm³/mol. The molecule has 3 N–H and O–H groups in total. The molecule has 2 rings (SSSR count). The SMILES string of the molecule is CC(C)(N)CNC1CCCc2occc21. The van der Waals surface area contributed by atoms with Gasteiger partial charge in [0.05, 0.1) is 6.26 Å². The molecule has 15 heavy (non-hydrogen) atoms. The molecule has 1 aromatic heterocycles. The molecule has 0 aliphatic heterocycles. The van der Waals surface area contributed by atoms with Gasteiger partial charge < -0.3 is 15.5 Å². The van der Waals surface area contributed by atoms with Crippen LogP contribution in [0.1, 0.15) is 44.1 Å². The highest BCUT2D eigenvalue weighted by Crippen LogP contribution is 2.30. The van der Waals surface area contributed by atoms with Crippen LogP contribution in [0, 0.1) is 0 Å². The zero-order valence-corrected chi connectivity index (χ0v) is 9.55. The molecular weight excluding hydrogens is 188 g/mol. The Bertz CT molecular complexity index is 325. The van der Waals surface area contributed by atoms with Crippen molar-refractivity contribution in [3.8, 4) is 0 Å². The largest absolute Gasteiger partial charge is 0.469 e. The van der Waals surface area contributed by atoms with E-state index in [1.165, 1.54) is 18.4 Å². The highest BCUT2D eigenvalue weighted by molar-refractivity contribution is 5.24. The topological polar surface area (TPSA) is 51.2 Å². The molecule has 1 atom stereocenters. The molecular formula is C12H20N2O. The first kappa shape index (κ1) is 10.7. The molecule has 0 bridgehead atoms. The van der Waals surface area contributed by atoms with E-state index in [9.17, 15) is 0 Å². The van der Waals surface area contributed by atoms with Crippen LogP contribution in [0.2, 0.25) is 0 Å². The summed E-state index contributed by atoms with van der Waals surface area (Å²) >= 11 is 0. The van der Waals surface area contributed by atoms with Gasteiger partial charge in [0.15, 0.2) is 0 Å². The van der Waals surface area contributed by atoms with Gasteiger partial charge in [0.25, 0.3) is 0 Å². The summed E-state index contributed by atoms with van der Waals surface area (Å²) < 4.78 is 5.45. The molecule has 3 nitrogen and oxygen atoms in total. The number of hydrogen-bond acceptors (Lipinski definition) is 3.